The lowest BCUT2D eigenvalue weighted by Gasteiger charge is -2.32. The van der Waals surface area contributed by atoms with Gasteiger partial charge in [-0.2, -0.15) is 0 Å². The first-order chi connectivity index (χ1) is 13.2. The second-order valence-corrected chi connectivity index (χ2v) is 9.74. The van der Waals surface area contributed by atoms with E-state index in [1.807, 2.05) is 32.0 Å². The summed E-state index contributed by atoms with van der Waals surface area (Å²) in [5.41, 5.74) is 10.1. The maximum Gasteiger partial charge on any atom is 0.252 e. The number of carbonyl (C=O) groups is 1. The molecule has 0 bridgehead atoms. The third-order valence-corrected chi connectivity index (χ3v) is 7.87. The first-order valence-corrected chi connectivity index (χ1v) is 11.0. The molecule has 8 heteroatoms. The summed E-state index contributed by atoms with van der Waals surface area (Å²) in [5.74, 6) is -4.02. The Hall–Kier alpha value is -2.11. The molecule has 1 aromatic carbocycles. The summed E-state index contributed by atoms with van der Waals surface area (Å²) in [6, 6.07) is 9.00. The topological polar surface area (TPSA) is 79.2 Å². The van der Waals surface area contributed by atoms with Crippen LogP contribution in [0.5, 0.6) is 0 Å². The zero-order valence-corrected chi connectivity index (χ0v) is 16.8. The molecule has 4 N–H and O–H groups in total. The maximum absolute atomic E-state index is 13.6. The van der Waals surface area contributed by atoms with Crippen LogP contribution in [0, 0.1) is 13.8 Å². The Morgan fingerprint density at radius 3 is 2.61 bits per heavy atom. The first kappa shape index (κ1) is 20.6. The van der Waals surface area contributed by atoms with Gasteiger partial charge in [0.2, 0.25) is 17.8 Å². The fourth-order valence-electron chi connectivity index (χ4n) is 3.55. The molecular formula is C20H25F2N3O2P+. The number of aromatic nitrogens is 1. The van der Waals surface area contributed by atoms with E-state index in [0.717, 1.165) is 21.4 Å². The third kappa shape index (κ3) is 4.47. The number of amides is 1. The fraction of sp³-hybridized carbons (Fsp3) is 0.400. The van der Waals surface area contributed by atoms with Crippen LogP contribution in [0.3, 0.4) is 0 Å². The Balaban J connectivity index is 1.71. The van der Waals surface area contributed by atoms with E-state index >= 15 is 0 Å². The minimum Gasteiger partial charge on any atom is -0.324 e. The minimum absolute atomic E-state index is 0.117. The van der Waals surface area contributed by atoms with Gasteiger partial charge >= 0.3 is 0 Å². The molecule has 28 heavy (non-hydrogen) atoms. The molecule has 1 aromatic heterocycles. The smallest absolute Gasteiger partial charge is 0.252 e. The Morgan fingerprint density at radius 1 is 1.29 bits per heavy atom. The molecule has 0 spiro atoms. The van der Waals surface area contributed by atoms with Crippen LogP contribution in [0.15, 0.2) is 36.5 Å². The third-order valence-electron chi connectivity index (χ3n) is 5.09. The number of halogens is 2. The van der Waals surface area contributed by atoms with Gasteiger partial charge in [0.05, 0.1) is 5.56 Å². The highest BCUT2D eigenvalue weighted by Crippen LogP contribution is 2.50. The maximum atomic E-state index is 13.6. The number of anilines is 1. The largest absolute Gasteiger partial charge is 0.324 e. The molecule has 1 aliphatic rings. The second kappa shape index (κ2) is 8.10. The summed E-state index contributed by atoms with van der Waals surface area (Å²) in [5, 5.41) is 12.6. The van der Waals surface area contributed by atoms with Crippen LogP contribution in [0.4, 0.5) is 14.5 Å². The van der Waals surface area contributed by atoms with E-state index in [9.17, 15) is 18.8 Å². The number of hydrogen-bond donors (Lipinski definition) is 3. The van der Waals surface area contributed by atoms with Gasteiger partial charge in [0.25, 0.3) is 5.92 Å². The Morgan fingerprint density at radius 2 is 1.96 bits per heavy atom. The zero-order chi connectivity index (χ0) is 20.5. The van der Waals surface area contributed by atoms with Gasteiger partial charge in [0.1, 0.15) is 5.78 Å². The van der Waals surface area contributed by atoms with Crippen molar-refractivity contribution in [3.05, 3.63) is 47.8 Å². The molecule has 1 aliphatic heterocycles. The van der Waals surface area contributed by atoms with Crippen molar-refractivity contribution < 1.29 is 23.5 Å². The number of pyridine rings is 1. The summed E-state index contributed by atoms with van der Waals surface area (Å²) in [7, 11) is -1.23. The Bertz CT molecular complexity index is 874. The monoisotopic (exact) mass is 408 g/mol. The molecule has 0 saturated carbocycles. The molecule has 2 atom stereocenters. The average Bonchev–Trinajstić information content (AvgIpc) is 2.65. The number of rotatable bonds is 4. The summed E-state index contributed by atoms with van der Waals surface area (Å²) in [6.07, 6.45) is 2.21. The number of nitrogens with one attached hydrogen (secondary N) is 1. The summed E-state index contributed by atoms with van der Waals surface area (Å²) in [4.78, 5) is 12.4. The summed E-state index contributed by atoms with van der Waals surface area (Å²) >= 11 is 0. The molecule has 2 heterocycles. The van der Waals surface area contributed by atoms with Crippen molar-refractivity contribution in [1.29, 1.82) is 0 Å². The molecule has 2 unspecified atom stereocenters. The number of carbonyl (C=O) groups excluding carboxylic acids is 1. The van der Waals surface area contributed by atoms with Gasteiger partial charge in [0.15, 0.2) is 0 Å². The predicted octanol–water partition coefficient (Wildman–Crippen LogP) is 3.63. The lowest BCUT2D eigenvalue weighted by atomic mass is 9.99. The quantitative estimate of drug-likeness (QED) is 0.411. The first-order valence-electron chi connectivity index (χ1n) is 9.18. The van der Waals surface area contributed by atoms with Crippen molar-refractivity contribution in [2.45, 2.75) is 38.4 Å². The molecule has 1 amide bonds. The number of aryl methyl sites for hydroxylation is 1. The molecule has 5 nitrogen and oxygen atoms in total. The summed E-state index contributed by atoms with van der Waals surface area (Å²) in [6.45, 7) is 3.78. The van der Waals surface area contributed by atoms with Crippen molar-refractivity contribution in [3.63, 3.8) is 0 Å². The van der Waals surface area contributed by atoms with Gasteiger partial charge in [-0.25, -0.2) is 8.78 Å². The molecular weight excluding hydrogens is 383 g/mol. The van der Waals surface area contributed by atoms with Crippen LogP contribution >= 0.6 is 7.92 Å². The van der Waals surface area contributed by atoms with Gasteiger partial charge in [-0.1, -0.05) is 20.1 Å². The van der Waals surface area contributed by atoms with E-state index in [2.05, 4.69) is 5.32 Å². The summed E-state index contributed by atoms with van der Waals surface area (Å²) < 4.78 is 28.3. The van der Waals surface area contributed by atoms with Crippen molar-refractivity contribution in [1.82, 2.24) is 0 Å². The van der Waals surface area contributed by atoms with Crippen LogP contribution in [0.2, 0.25) is 0 Å². The minimum atomic E-state index is -2.71. The van der Waals surface area contributed by atoms with Crippen molar-refractivity contribution in [2.75, 3.05) is 17.6 Å². The number of nitrogens with two attached hydrogens (primary N) is 1. The fourth-order valence-corrected chi connectivity index (χ4v) is 5.90. The second-order valence-electron chi connectivity index (χ2n) is 7.25. The van der Waals surface area contributed by atoms with E-state index in [1.54, 1.807) is 18.3 Å². The van der Waals surface area contributed by atoms with Gasteiger partial charge in [0, 0.05) is 36.0 Å². The van der Waals surface area contributed by atoms with Crippen molar-refractivity contribution >= 4 is 19.5 Å². The molecule has 2 aromatic rings. The highest BCUT2D eigenvalue weighted by atomic mass is 31.1. The molecule has 1 saturated heterocycles. The Kier molecular flexibility index (Phi) is 5.96. The van der Waals surface area contributed by atoms with E-state index in [0.29, 0.717) is 24.0 Å². The number of alkyl halides is 2. The van der Waals surface area contributed by atoms with Gasteiger partial charge in [-0.3, -0.25) is 10.0 Å². The van der Waals surface area contributed by atoms with Gasteiger partial charge in [-0.15, -0.1) is 0 Å². The highest BCUT2D eigenvalue weighted by molar-refractivity contribution is 7.59. The van der Waals surface area contributed by atoms with Crippen LogP contribution in [0.25, 0.3) is 11.1 Å². The standard InChI is InChI=1S/C20H24F2N3O2P/c1-13-8-10-25(27)14(2)17(13)15-4-6-16(7-5-15)24-19(26)18(23)28-11-3-9-20(21,22)12-28/h4-8,10,18H,3,9,11-12,23H2,1-2H3,(H-,24,26,27)/p+1. The van der Waals surface area contributed by atoms with Crippen LogP contribution < -0.4 is 15.8 Å². The molecule has 1 fully saturated rings. The lowest BCUT2D eigenvalue weighted by molar-refractivity contribution is -0.908. The zero-order valence-electron chi connectivity index (χ0n) is 16.0. The molecule has 0 radical (unpaired) electrons. The van der Waals surface area contributed by atoms with Crippen LogP contribution in [-0.2, 0) is 4.79 Å². The van der Waals surface area contributed by atoms with Crippen LogP contribution in [0.1, 0.15) is 24.1 Å². The molecule has 0 aliphatic carbocycles. The lowest BCUT2D eigenvalue weighted by Crippen LogP contribution is -2.39. The van der Waals surface area contributed by atoms with E-state index < -0.39 is 25.5 Å². The Labute approximate surface area is 164 Å². The normalized spacial score (nSPS) is 19.8. The molecule has 3 rings (SSSR count). The van der Waals surface area contributed by atoms with E-state index in [4.69, 9.17) is 5.73 Å². The van der Waals surface area contributed by atoms with E-state index in [1.165, 1.54) is 0 Å². The SMILES string of the molecule is Cc1cc[n+](O)c(C)c1-c1ccc(NC(=O)C(N)P2CCCC(F)(F)C2)cc1. The van der Waals surface area contributed by atoms with Crippen molar-refractivity contribution in [2.24, 2.45) is 5.73 Å². The average molecular weight is 408 g/mol. The number of nitrogens with zero attached hydrogens (tertiary/aromatic N) is 1. The number of benzene rings is 1. The number of hydrogen-bond acceptors (Lipinski definition) is 3. The van der Waals surface area contributed by atoms with E-state index in [-0.39, 0.29) is 12.6 Å². The van der Waals surface area contributed by atoms with Gasteiger partial charge in [-0.05, 0) is 42.8 Å². The van der Waals surface area contributed by atoms with Crippen molar-refractivity contribution in [3.8, 4) is 11.1 Å². The predicted molar refractivity (Wildman–Crippen MR) is 106 cm³/mol. The molecule has 150 valence electrons. The van der Waals surface area contributed by atoms with Gasteiger partial charge < -0.3 is 11.1 Å². The van der Waals surface area contributed by atoms with Crippen LogP contribution in [-0.4, -0.2) is 35.1 Å². The highest BCUT2D eigenvalue weighted by Gasteiger charge is 2.40.